The van der Waals surface area contributed by atoms with Crippen LogP contribution in [0.1, 0.15) is 0 Å². The highest BCUT2D eigenvalue weighted by atomic mass is 35.5. The standard InChI is InChI=1S/C16H12ClN/c17-14-8-10-15(11-9-14)18-12-4-7-16(18)13-5-2-1-3-6-13/h1-12H. The summed E-state index contributed by atoms with van der Waals surface area (Å²) >= 11 is 5.92. The van der Waals surface area contributed by atoms with Crippen molar-refractivity contribution < 1.29 is 0 Å². The fourth-order valence-corrected chi connectivity index (χ4v) is 2.18. The average molecular weight is 254 g/mol. The molecule has 0 spiro atoms. The monoisotopic (exact) mass is 253 g/mol. The first-order valence-corrected chi connectivity index (χ1v) is 6.21. The van der Waals surface area contributed by atoms with E-state index in [1.165, 1.54) is 11.3 Å². The van der Waals surface area contributed by atoms with E-state index in [1.807, 2.05) is 30.3 Å². The van der Waals surface area contributed by atoms with Crippen molar-refractivity contribution in [2.45, 2.75) is 0 Å². The van der Waals surface area contributed by atoms with Crippen LogP contribution in [0.15, 0.2) is 72.9 Å². The Bertz CT molecular complexity index is 638. The van der Waals surface area contributed by atoms with Crippen LogP contribution in [0.2, 0.25) is 5.02 Å². The topological polar surface area (TPSA) is 4.93 Å². The van der Waals surface area contributed by atoms with Gasteiger partial charge < -0.3 is 4.57 Å². The third-order valence-corrected chi connectivity index (χ3v) is 3.18. The van der Waals surface area contributed by atoms with Crippen molar-refractivity contribution in [1.82, 2.24) is 4.57 Å². The van der Waals surface area contributed by atoms with Gasteiger partial charge in [0.15, 0.2) is 0 Å². The maximum atomic E-state index is 5.92. The van der Waals surface area contributed by atoms with E-state index in [0.29, 0.717) is 0 Å². The Morgan fingerprint density at radius 1 is 0.722 bits per heavy atom. The molecule has 0 radical (unpaired) electrons. The minimum atomic E-state index is 0.757. The summed E-state index contributed by atoms with van der Waals surface area (Å²) in [6, 6.07) is 22.4. The molecule has 0 aliphatic rings. The predicted octanol–water partition coefficient (Wildman–Crippen LogP) is 4.80. The van der Waals surface area contributed by atoms with Gasteiger partial charge in [0, 0.05) is 16.9 Å². The van der Waals surface area contributed by atoms with E-state index in [2.05, 4.69) is 47.2 Å². The van der Waals surface area contributed by atoms with Crippen LogP contribution in [0.5, 0.6) is 0 Å². The summed E-state index contributed by atoms with van der Waals surface area (Å²) in [6.07, 6.45) is 2.06. The van der Waals surface area contributed by atoms with Crippen LogP contribution >= 0.6 is 11.6 Å². The Hall–Kier alpha value is -1.99. The molecule has 0 atom stereocenters. The zero-order valence-corrected chi connectivity index (χ0v) is 10.5. The molecule has 1 nitrogen and oxygen atoms in total. The summed E-state index contributed by atoms with van der Waals surface area (Å²) in [5.41, 5.74) is 3.50. The van der Waals surface area contributed by atoms with Crippen LogP contribution in [-0.2, 0) is 0 Å². The molecule has 2 heteroatoms. The van der Waals surface area contributed by atoms with Gasteiger partial charge >= 0.3 is 0 Å². The summed E-state index contributed by atoms with van der Waals surface area (Å²) < 4.78 is 2.16. The van der Waals surface area contributed by atoms with Gasteiger partial charge in [0.2, 0.25) is 0 Å². The van der Waals surface area contributed by atoms with Crippen LogP contribution in [0.4, 0.5) is 0 Å². The Kier molecular flexibility index (Phi) is 2.91. The molecule has 0 unspecified atom stereocenters. The molecule has 0 bridgehead atoms. The summed E-state index contributed by atoms with van der Waals surface area (Å²) in [5, 5.41) is 0.757. The van der Waals surface area contributed by atoms with E-state index in [9.17, 15) is 0 Å². The van der Waals surface area contributed by atoms with Crippen LogP contribution in [0.25, 0.3) is 16.9 Å². The van der Waals surface area contributed by atoms with E-state index in [4.69, 9.17) is 11.6 Å². The summed E-state index contributed by atoms with van der Waals surface area (Å²) in [4.78, 5) is 0. The van der Waals surface area contributed by atoms with Crippen LogP contribution in [0, 0.1) is 0 Å². The van der Waals surface area contributed by atoms with Gasteiger partial charge in [-0.2, -0.15) is 0 Å². The zero-order chi connectivity index (χ0) is 12.4. The molecule has 2 aromatic carbocycles. The van der Waals surface area contributed by atoms with Crippen LogP contribution in [0.3, 0.4) is 0 Å². The summed E-state index contributed by atoms with van der Waals surface area (Å²) in [7, 11) is 0. The van der Waals surface area contributed by atoms with Gasteiger partial charge in [0.25, 0.3) is 0 Å². The van der Waals surface area contributed by atoms with Crippen molar-refractivity contribution in [3.63, 3.8) is 0 Å². The van der Waals surface area contributed by atoms with Crippen LogP contribution < -0.4 is 0 Å². The van der Waals surface area contributed by atoms with E-state index in [1.54, 1.807) is 0 Å². The summed E-state index contributed by atoms with van der Waals surface area (Å²) in [6.45, 7) is 0. The first-order chi connectivity index (χ1) is 8.84. The van der Waals surface area contributed by atoms with Gasteiger partial charge in [-0.1, -0.05) is 41.9 Å². The molecule has 0 saturated carbocycles. The largest absolute Gasteiger partial charge is 0.317 e. The predicted molar refractivity (Wildman–Crippen MR) is 76.2 cm³/mol. The number of halogens is 1. The fraction of sp³-hybridized carbons (Fsp3) is 0. The minimum absolute atomic E-state index is 0.757. The smallest absolute Gasteiger partial charge is 0.0528 e. The van der Waals surface area contributed by atoms with E-state index in [-0.39, 0.29) is 0 Å². The fourth-order valence-electron chi connectivity index (χ4n) is 2.05. The number of hydrogen-bond donors (Lipinski definition) is 0. The molecular weight excluding hydrogens is 242 g/mol. The van der Waals surface area contributed by atoms with Crippen molar-refractivity contribution in [2.24, 2.45) is 0 Å². The maximum Gasteiger partial charge on any atom is 0.0528 e. The lowest BCUT2D eigenvalue weighted by Crippen LogP contribution is -1.94. The lowest BCUT2D eigenvalue weighted by atomic mass is 10.1. The molecule has 0 aliphatic heterocycles. The first kappa shape index (κ1) is 11.1. The van der Waals surface area contributed by atoms with Crippen molar-refractivity contribution in [3.05, 3.63) is 77.9 Å². The molecule has 0 amide bonds. The van der Waals surface area contributed by atoms with Gasteiger partial charge in [0.1, 0.15) is 0 Å². The lowest BCUT2D eigenvalue weighted by Gasteiger charge is -2.09. The number of benzene rings is 2. The van der Waals surface area contributed by atoms with E-state index >= 15 is 0 Å². The molecule has 0 fully saturated rings. The second kappa shape index (κ2) is 4.71. The quantitative estimate of drug-likeness (QED) is 0.618. The first-order valence-electron chi connectivity index (χ1n) is 5.83. The van der Waals surface area contributed by atoms with Gasteiger partial charge in [0.05, 0.1) is 5.69 Å². The van der Waals surface area contributed by atoms with Crippen molar-refractivity contribution in [3.8, 4) is 16.9 Å². The van der Waals surface area contributed by atoms with Crippen molar-refractivity contribution in [2.75, 3.05) is 0 Å². The second-order valence-corrected chi connectivity index (χ2v) is 4.54. The van der Waals surface area contributed by atoms with Crippen LogP contribution in [-0.4, -0.2) is 4.57 Å². The van der Waals surface area contributed by atoms with Gasteiger partial charge in [-0.05, 0) is 42.0 Å². The Morgan fingerprint density at radius 2 is 1.44 bits per heavy atom. The average Bonchev–Trinajstić information content (AvgIpc) is 2.90. The molecule has 0 saturated heterocycles. The highest BCUT2D eigenvalue weighted by Crippen LogP contribution is 2.24. The normalized spacial score (nSPS) is 10.5. The highest BCUT2D eigenvalue weighted by Gasteiger charge is 2.04. The van der Waals surface area contributed by atoms with Crippen molar-refractivity contribution in [1.29, 1.82) is 0 Å². The molecular formula is C16H12ClN. The Labute approximate surface area is 111 Å². The molecule has 3 rings (SSSR count). The summed E-state index contributed by atoms with van der Waals surface area (Å²) in [5.74, 6) is 0. The lowest BCUT2D eigenvalue weighted by molar-refractivity contribution is 1.09. The number of aromatic nitrogens is 1. The highest BCUT2D eigenvalue weighted by molar-refractivity contribution is 6.30. The Morgan fingerprint density at radius 3 is 2.17 bits per heavy atom. The van der Waals surface area contributed by atoms with Gasteiger partial charge in [-0.25, -0.2) is 0 Å². The van der Waals surface area contributed by atoms with Gasteiger partial charge in [-0.3, -0.25) is 0 Å². The Balaban J connectivity index is 2.10. The SMILES string of the molecule is Clc1ccc(-n2cccc2-c2ccccc2)cc1. The molecule has 0 N–H and O–H groups in total. The minimum Gasteiger partial charge on any atom is -0.317 e. The zero-order valence-electron chi connectivity index (χ0n) is 9.75. The van der Waals surface area contributed by atoms with E-state index < -0.39 is 0 Å². The molecule has 88 valence electrons. The second-order valence-electron chi connectivity index (χ2n) is 4.11. The molecule has 1 heterocycles. The molecule has 0 aliphatic carbocycles. The van der Waals surface area contributed by atoms with Crippen molar-refractivity contribution >= 4 is 11.6 Å². The third-order valence-electron chi connectivity index (χ3n) is 2.92. The molecule has 3 aromatic rings. The maximum absolute atomic E-state index is 5.92. The molecule has 18 heavy (non-hydrogen) atoms. The number of rotatable bonds is 2. The van der Waals surface area contributed by atoms with Gasteiger partial charge in [-0.15, -0.1) is 0 Å². The number of nitrogens with zero attached hydrogens (tertiary/aromatic N) is 1. The third kappa shape index (κ3) is 2.05. The molecule has 1 aromatic heterocycles. The van der Waals surface area contributed by atoms with E-state index in [0.717, 1.165) is 10.7 Å². The number of hydrogen-bond acceptors (Lipinski definition) is 0.